The molecule has 0 radical (unpaired) electrons. The molecule has 0 aliphatic heterocycles. The van der Waals surface area contributed by atoms with Crippen molar-refractivity contribution in [1.29, 1.82) is 5.41 Å². The maximum absolute atomic E-state index is 5.74. The van der Waals surface area contributed by atoms with Gasteiger partial charge in [0.1, 0.15) is 0 Å². The second kappa shape index (κ2) is 22.5. The van der Waals surface area contributed by atoms with E-state index in [1.165, 1.54) is 6.34 Å². The molecule has 0 aromatic carbocycles. The van der Waals surface area contributed by atoms with Crippen LogP contribution in [0.3, 0.4) is 0 Å². The van der Waals surface area contributed by atoms with Crippen molar-refractivity contribution in [3.8, 4) is 0 Å². The Labute approximate surface area is 85.7 Å². The maximum atomic E-state index is 5.74. The van der Waals surface area contributed by atoms with E-state index in [9.17, 15) is 0 Å². The van der Waals surface area contributed by atoms with Crippen molar-refractivity contribution in [2.45, 2.75) is 27.2 Å². The average Bonchev–Trinajstić information content (AvgIpc) is 1.67. The van der Waals surface area contributed by atoms with Crippen molar-refractivity contribution in [3.63, 3.8) is 0 Å². The number of nitrogens with two attached hydrogens (primary N) is 1. The molecule has 0 aromatic rings. The third kappa shape index (κ3) is 67.8. The van der Waals surface area contributed by atoms with Gasteiger partial charge >= 0.3 is 0 Å². The summed E-state index contributed by atoms with van der Waals surface area (Å²) in [5, 5.41) is 5.74. The maximum Gasteiger partial charge on any atom is 0 e. The van der Waals surface area contributed by atoms with Crippen LogP contribution in [0.4, 0.5) is 0 Å². The third-order valence-electron chi connectivity index (χ3n) is 0.697. The summed E-state index contributed by atoms with van der Waals surface area (Å²) in [6, 6.07) is 0. The Kier molecular flexibility index (Phi) is 45.9. The smallest absolute Gasteiger partial charge is 0 e. The number of rotatable bonds is 2. The Morgan fingerprint density at radius 3 is 1.91 bits per heavy atom. The number of nitrogens with one attached hydrogen (secondary N) is 1. The fourth-order valence-corrected chi connectivity index (χ4v) is 0.348. The number of hydrogen-bond donors (Lipinski definition) is 2. The van der Waals surface area contributed by atoms with E-state index in [2.05, 4.69) is 26.5 Å². The van der Waals surface area contributed by atoms with Crippen LogP contribution in [0.25, 0.3) is 0 Å². The molecule has 11 heavy (non-hydrogen) atoms. The van der Waals surface area contributed by atoms with Gasteiger partial charge in [-0.2, -0.15) is 12.3 Å². The molecule has 70 valence electrons. The van der Waals surface area contributed by atoms with E-state index in [0.29, 0.717) is 5.92 Å². The first-order chi connectivity index (χ1) is 4.18. The first kappa shape index (κ1) is 22.5. The Hall–Kier alpha value is 0.158. The molecule has 2 nitrogen and oxygen atoms in total. The molecule has 0 spiro atoms. The summed E-state index contributed by atoms with van der Waals surface area (Å²) in [6.07, 6.45) is 3.67. The second-order valence-electron chi connectivity index (χ2n) is 1.89. The minimum atomic E-state index is 0. The van der Waals surface area contributed by atoms with E-state index < -0.39 is 0 Å². The minimum Gasteiger partial charge on any atom is -0.563 e. The molecule has 0 aliphatic rings. The van der Waals surface area contributed by atoms with Crippen LogP contribution in [0.5, 0.6) is 0 Å². The predicted octanol–water partition coefficient (Wildman–Crippen LogP) is 2.13. The van der Waals surface area contributed by atoms with Gasteiger partial charge in [0, 0.05) is 21.1 Å². The Bertz CT molecular complexity index is 56.1. The van der Waals surface area contributed by atoms with Gasteiger partial charge in [0.25, 0.3) is 0 Å². The molecule has 3 heteroatoms. The van der Waals surface area contributed by atoms with Crippen LogP contribution in [0.2, 0.25) is 0 Å². The molecule has 0 amide bonds. The third-order valence-corrected chi connectivity index (χ3v) is 0.697. The van der Waals surface area contributed by atoms with Crippen LogP contribution in [0.15, 0.2) is 0 Å². The van der Waals surface area contributed by atoms with Crippen LogP contribution >= 0.6 is 0 Å². The molecule has 0 aromatic heterocycles. The van der Waals surface area contributed by atoms with Gasteiger partial charge in [-0.15, -0.1) is 6.42 Å². The molecule has 0 saturated carbocycles. The van der Waals surface area contributed by atoms with Crippen molar-refractivity contribution in [1.82, 2.24) is 0 Å². The molecule has 0 aliphatic carbocycles. The molecular formula is C8H19N2W-3. The van der Waals surface area contributed by atoms with Gasteiger partial charge in [0.15, 0.2) is 0 Å². The van der Waals surface area contributed by atoms with Gasteiger partial charge in [-0.05, 0) is 0 Å². The summed E-state index contributed by atoms with van der Waals surface area (Å²) >= 11 is 0. The van der Waals surface area contributed by atoms with Crippen LogP contribution in [0.1, 0.15) is 27.2 Å². The summed E-state index contributed by atoms with van der Waals surface area (Å²) in [6.45, 7) is 9.58. The summed E-state index contributed by atoms with van der Waals surface area (Å²) < 4.78 is 0. The molecule has 0 rings (SSSR count). The molecule has 0 saturated heterocycles. The zero-order valence-corrected chi connectivity index (χ0v) is 9.32. The van der Waals surface area contributed by atoms with Gasteiger partial charge in [0.05, 0.1) is 0 Å². The SMILES string of the molecule is C.N=[C-]N.[CH2-]CCC([CH2-])C.[W]. The van der Waals surface area contributed by atoms with Crippen LogP contribution in [-0.2, 0) is 21.1 Å². The quantitative estimate of drug-likeness (QED) is 0.347. The predicted molar refractivity (Wildman–Crippen MR) is 47.8 cm³/mol. The van der Waals surface area contributed by atoms with E-state index in [1.54, 1.807) is 0 Å². The van der Waals surface area contributed by atoms with Crippen molar-refractivity contribution in [2.75, 3.05) is 0 Å². The first-order valence-electron chi connectivity index (χ1n) is 2.93. The summed E-state index contributed by atoms with van der Waals surface area (Å²) in [5.41, 5.74) is 4.26. The van der Waals surface area contributed by atoms with Gasteiger partial charge in [-0.1, -0.05) is 14.4 Å². The first-order valence-corrected chi connectivity index (χ1v) is 2.93. The summed E-state index contributed by atoms with van der Waals surface area (Å²) in [5.74, 6) is 0.586. The molecule has 0 fully saturated rings. The molecular weight excluding hydrogens is 308 g/mol. The summed E-state index contributed by atoms with van der Waals surface area (Å²) in [7, 11) is 0. The Balaban J connectivity index is -0.0000000437. The van der Waals surface area contributed by atoms with Crippen molar-refractivity contribution < 1.29 is 21.1 Å². The van der Waals surface area contributed by atoms with Gasteiger partial charge < -0.3 is 31.3 Å². The van der Waals surface area contributed by atoms with Gasteiger partial charge in [-0.25, -0.2) is 0 Å². The largest absolute Gasteiger partial charge is 0.563 e. The average molecular weight is 327 g/mol. The normalized spacial score (nSPS) is 9.00. The Morgan fingerprint density at radius 2 is 1.91 bits per heavy atom. The van der Waals surface area contributed by atoms with Gasteiger partial charge in [0.2, 0.25) is 0 Å². The van der Waals surface area contributed by atoms with Crippen molar-refractivity contribution >= 4 is 6.34 Å². The zero-order chi connectivity index (χ0) is 7.70. The number of hydrogen-bond acceptors (Lipinski definition) is 1. The van der Waals surface area contributed by atoms with E-state index in [-0.39, 0.29) is 28.5 Å². The van der Waals surface area contributed by atoms with Gasteiger partial charge in [-0.3, -0.25) is 0 Å². The zero-order valence-electron chi connectivity index (χ0n) is 6.39. The second-order valence-corrected chi connectivity index (χ2v) is 1.89. The fraction of sp³-hybridized carbons (Fsp3) is 0.625. The minimum absolute atomic E-state index is 0. The summed E-state index contributed by atoms with van der Waals surface area (Å²) in [4.78, 5) is 0. The van der Waals surface area contributed by atoms with E-state index in [4.69, 9.17) is 5.41 Å². The Morgan fingerprint density at radius 1 is 1.64 bits per heavy atom. The molecule has 1 unspecified atom stereocenters. The molecule has 0 bridgehead atoms. The molecule has 3 N–H and O–H groups in total. The monoisotopic (exact) mass is 327 g/mol. The molecule has 1 atom stereocenters. The van der Waals surface area contributed by atoms with Crippen molar-refractivity contribution in [3.05, 3.63) is 13.8 Å². The fourth-order valence-electron chi connectivity index (χ4n) is 0.348. The topological polar surface area (TPSA) is 49.9 Å². The van der Waals surface area contributed by atoms with Crippen LogP contribution in [0, 0.1) is 25.2 Å². The van der Waals surface area contributed by atoms with E-state index >= 15 is 0 Å². The van der Waals surface area contributed by atoms with E-state index in [1.807, 2.05) is 0 Å². The molecule has 0 heterocycles. The van der Waals surface area contributed by atoms with E-state index in [0.717, 1.165) is 12.8 Å². The standard InChI is InChI=1S/C6H12.CH3N2.CH4.W/c1-4-5-6(2)3;2-1-3;;/h6H,1-2,4-5H2,3H3;(H3,2,3);1H4;/q-2;-1;;. The van der Waals surface area contributed by atoms with Crippen molar-refractivity contribution in [2.24, 2.45) is 11.7 Å². The van der Waals surface area contributed by atoms with Crippen LogP contribution in [-0.4, -0.2) is 6.34 Å². The van der Waals surface area contributed by atoms with Crippen LogP contribution < -0.4 is 5.73 Å².